The van der Waals surface area contributed by atoms with E-state index in [1.54, 1.807) is 19.9 Å². The predicted molar refractivity (Wildman–Crippen MR) is 109 cm³/mol. The lowest BCUT2D eigenvalue weighted by atomic mass is 10.3. The summed E-state index contributed by atoms with van der Waals surface area (Å²) in [6, 6.07) is 7.47. The molecule has 0 fully saturated rings. The minimum Gasteiger partial charge on any atom is -0.383 e. The van der Waals surface area contributed by atoms with Crippen LogP contribution in [0.2, 0.25) is 0 Å². The number of nitrogens with one attached hydrogen (secondary N) is 2. The zero-order valence-electron chi connectivity index (χ0n) is 16.7. The molecule has 0 radical (unpaired) electrons. The van der Waals surface area contributed by atoms with E-state index in [9.17, 15) is 18.0 Å². The van der Waals surface area contributed by atoms with Gasteiger partial charge in [0.05, 0.1) is 18.0 Å². The number of methoxy groups -OCH3 is 1. The molecule has 0 atom stereocenters. The van der Waals surface area contributed by atoms with Gasteiger partial charge in [-0.05, 0) is 44.2 Å². The van der Waals surface area contributed by atoms with Crippen LogP contribution in [0.25, 0.3) is 0 Å². The number of benzene rings is 1. The molecule has 0 bridgehead atoms. The van der Waals surface area contributed by atoms with Gasteiger partial charge < -0.3 is 10.1 Å². The first-order chi connectivity index (χ1) is 14.2. The normalized spacial score (nSPS) is 14.1. The summed E-state index contributed by atoms with van der Waals surface area (Å²) in [5.74, 6) is -0.912. The first-order valence-electron chi connectivity index (χ1n) is 8.98. The summed E-state index contributed by atoms with van der Waals surface area (Å²) < 4.78 is 32.4. The minimum atomic E-state index is -3.89. The summed E-state index contributed by atoms with van der Waals surface area (Å²) in [6.45, 7) is 3.88. The molecule has 30 heavy (non-hydrogen) atoms. The van der Waals surface area contributed by atoms with Crippen LogP contribution in [0.3, 0.4) is 0 Å². The van der Waals surface area contributed by atoms with Crippen LogP contribution in [0, 0.1) is 13.8 Å². The van der Waals surface area contributed by atoms with Crippen molar-refractivity contribution in [2.45, 2.75) is 18.7 Å². The maximum Gasteiger partial charge on any atom is 0.277 e. The highest BCUT2D eigenvalue weighted by Crippen LogP contribution is 2.20. The fourth-order valence-corrected chi connectivity index (χ4v) is 3.76. The Morgan fingerprint density at radius 2 is 1.70 bits per heavy atom. The van der Waals surface area contributed by atoms with Crippen LogP contribution in [-0.4, -0.2) is 55.4 Å². The fraction of sp³-hybridized carbons (Fsp3) is 0.263. The largest absolute Gasteiger partial charge is 0.383 e. The van der Waals surface area contributed by atoms with E-state index in [0.717, 1.165) is 4.90 Å². The van der Waals surface area contributed by atoms with Crippen molar-refractivity contribution >= 4 is 33.5 Å². The van der Waals surface area contributed by atoms with Gasteiger partial charge in [-0.3, -0.25) is 14.5 Å². The van der Waals surface area contributed by atoms with E-state index in [1.165, 1.54) is 37.5 Å². The second-order valence-corrected chi connectivity index (χ2v) is 8.26. The number of anilines is 2. The van der Waals surface area contributed by atoms with Crippen molar-refractivity contribution < 1.29 is 22.7 Å². The Labute approximate surface area is 174 Å². The van der Waals surface area contributed by atoms with Crippen molar-refractivity contribution in [3.8, 4) is 0 Å². The van der Waals surface area contributed by atoms with Crippen molar-refractivity contribution in [3.63, 3.8) is 0 Å². The molecule has 2 aromatic rings. The Bertz CT molecular complexity index is 1090. The molecule has 0 unspecified atom stereocenters. The first kappa shape index (κ1) is 21.4. The Morgan fingerprint density at radius 1 is 1.07 bits per heavy atom. The summed E-state index contributed by atoms with van der Waals surface area (Å²) in [4.78, 5) is 33.5. The average molecular weight is 431 g/mol. The maximum absolute atomic E-state index is 12.6. The molecule has 10 nitrogen and oxygen atoms in total. The van der Waals surface area contributed by atoms with Crippen molar-refractivity contribution in [3.05, 3.63) is 53.5 Å². The van der Waals surface area contributed by atoms with Crippen LogP contribution in [0.5, 0.6) is 0 Å². The number of hydrogen-bond donors (Lipinski definition) is 2. The van der Waals surface area contributed by atoms with E-state index in [-0.39, 0.29) is 29.7 Å². The lowest BCUT2D eigenvalue weighted by Crippen LogP contribution is -2.34. The smallest absolute Gasteiger partial charge is 0.277 e. The first-order valence-corrected chi connectivity index (χ1v) is 10.5. The molecule has 3 rings (SSSR count). The van der Waals surface area contributed by atoms with Gasteiger partial charge in [-0.1, -0.05) is 0 Å². The number of ether oxygens (including phenoxy) is 1. The molecule has 1 aromatic carbocycles. The van der Waals surface area contributed by atoms with E-state index >= 15 is 0 Å². The monoisotopic (exact) mass is 431 g/mol. The number of rotatable bonds is 8. The quantitative estimate of drug-likeness (QED) is 0.597. The third-order valence-corrected chi connectivity index (χ3v) is 5.52. The second-order valence-electron chi connectivity index (χ2n) is 6.58. The molecule has 11 heteroatoms. The van der Waals surface area contributed by atoms with Gasteiger partial charge in [0, 0.05) is 30.3 Å². The molecule has 2 N–H and O–H groups in total. The lowest BCUT2D eigenvalue weighted by Gasteiger charge is -2.14. The van der Waals surface area contributed by atoms with Crippen LogP contribution >= 0.6 is 0 Å². The van der Waals surface area contributed by atoms with E-state index < -0.39 is 21.8 Å². The van der Waals surface area contributed by atoms with Gasteiger partial charge in [0.1, 0.15) is 5.70 Å². The molecular formula is C19H21N5O5S. The number of sulfonamides is 1. The number of hydrogen-bond acceptors (Lipinski definition) is 8. The predicted octanol–water partition coefficient (Wildman–Crippen LogP) is 1.21. The number of nitrogens with zero attached hydrogens (tertiary/aromatic N) is 3. The van der Waals surface area contributed by atoms with E-state index in [2.05, 4.69) is 20.0 Å². The zero-order valence-corrected chi connectivity index (χ0v) is 17.5. The van der Waals surface area contributed by atoms with E-state index in [4.69, 9.17) is 4.74 Å². The van der Waals surface area contributed by atoms with E-state index in [0.29, 0.717) is 17.1 Å². The topological polar surface area (TPSA) is 131 Å². The molecular weight excluding hydrogens is 410 g/mol. The highest BCUT2D eigenvalue weighted by Gasteiger charge is 2.30. The molecule has 1 aliphatic rings. The van der Waals surface area contributed by atoms with Gasteiger partial charge in [0.15, 0.2) is 0 Å². The molecule has 2 heterocycles. The Hall–Kier alpha value is -3.31. The van der Waals surface area contributed by atoms with Gasteiger partial charge in [-0.15, -0.1) is 0 Å². The Balaban J connectivity index is 1.71. The third-order valence-electron chi connectivity index (χ3n) is 4.18. The molecule has 0 saturated carbocycles. The highest BCUT2D eigenvalue weighted by atomic mass is 32.2. The van der Waals surface area contributed by atoms with Gasteiger partial charge in [-0.25, -0.2) is 23.1 Å². The van der Waals surface area contributed by atoms with Crippen LogP contribution in [0.4, 0.5) is 11.6 Å². The zero-order chi connectivity index (χ0) is 21.9. The van der Waals surface area contributed by atoms with Crippen molar-refractivity contribution in [2.75, 3.05) is 30.3 Å². The SMILES string of the molecule is COCCN1C(=O)C=C(Nc2ccc(S(=O)(=O)Nc3nc(C)cc(C)n3)cc2)C1=O. The van der Waals surface area contributed by atoms with Crippen LogP contribution < -0.4 is 10.0 Å². The van der Waals surface area contributed by atoms with Crippen molar-refractivity contribution in [2.24, 2.45) is 0 Å². The summed E-state index contributed by atoms with van der Waals surface area (Å²) in [5, 5.41) is 2.84. The number of aryl methyl sites for hydroxylation is 2. The van der Waals surface area contributed by atoms with Crippen LogP contribution in [-0.2, 0) is 24.3 Å². The van der Waals surface area contributed by atoms with Gasteiger partial charge in [-0.2, -0.15) is 0 Å². The van der Waals surface area contributed by atoms with Gasteiger partial charge >= 0.3 is 0 Å². The number of amides is 2. The molecule has 0 spiro atoms. The van der Waals surface area contributed by atoms with Gasteiger partial charge in [0.25, 0.3) is 21.8 Å². The van der Waals surface area contributed by atoms with Crippen molar-refractivity contribution in [1.29, 1.82) is 0 Å². The molecule has 0 saturated heterocycles. The molecule has 2 amide bonds. The number of carbonyl (C=O) groups is 2. The van der Waals surface area contributed by atoms with Crippen molar-refractivity contribution in [1.82, 2.24) is 14.9 Å². The number of imide groups is 1. The fourth-order valence-electron chi connectivity index (χ4n) is 2.82. The molecule has 0 aliphatic carbocycles. The Morgan fingerprint density at radius 3 is 2.30 bits per heavy atom. The second kappa shape index (κ2) is 8.59. The van der Waals surface area contributed by atoms with Gasteiger partial charge in [0.2, 0.25) is 5.95 Å². The van der Waals surface area contributed by atoms with E-state index in [1.807, 2.05) is 0 Å². The number of carbonyl (C=O) groups excluding carboxylic acids is 2. The summed E-state index contributed by atoms with van der Waals surface area (Å²) in [5.41, 5.74) is 1.85. The van der Waals surface area contributed by atoms with Crippen LogP contribution in [0.1, 0.15) is 11.4 Å². The summed E-state index contributed by atoms with van der Waals surface area (Å²) >= 11 is 0. The molecule has 1 aromatic heterocycles. The summed E-state index contributed by atoms with van der Waals surface area (Å²) in [7, 11) is -2.41. The lowest BCUT2D eigenvalue weighted by molar-refractivity contribution is -0.137. The maximum atomic E-state index is 12.6. The average Bonchev–Trinajstić information content (AvgIpc) is 2.92. The Kier molecular flexibility index (Phi) is 6.13. The molecule has 1 aliphatic heterocycles. The third kappa shape index (κ3) is 4.81. The number of aromatic nitrogens is 2. The standard InChI is InChI=1S/C19H21N5O5S/c1-12-10-13(2)21-19(20-12)23-30(27,28)15-6-4-14(5-7-15)22-16-11-17(25)24(18(16)26)8-9-29-3/h4-7,10-11,22H,8-9H2,1-3H3,(H,20,21,23). The van der Waals surface area contributed by atoms with Crippen LogP contribution in [0.15, 0.2) is 47.0 Å². The summed E-state index contributed by atoms with van der Waals surface area (Å²) in [6.07, 6.45) is 1.20. The minimum absolute atomic E-state index is 0.000310. The highest BCUT2D eigenvalue weighted by molar-refractivity contribution is 7.92. The molecule has 158 valence electrons.